The van der Waals surface area contributed by atoms with E-state index in [4.69, 9.17) is 0 Å². The van der Waals surface area contributed by atoms with Crippen LogP contribution in [0.5, 0.6) is 0 Å². The molecular formula is C32H30F6N8O2. The van der Waals surface area contributed by atoms with E-state index in [0.29, 0.717) is 56.8 Å². The number of alkyl halides is 6. The van der Waals surface area contributed by atoms with Crippen molar-refractivity contribution < 1.29 is 26.3 Å². The summed E-state index contributed by atoms with van der Waals surface area (Å²) in [5, 5.41) is 8.56. The van der Waals surface area contributed by atoms with Crippen molar-refractivity contribution in [2.45, 2.75) is 65.7 Å². The van der Waals surface area contributed by atoms with E-state index in [0.717, 1.165) is 24.3 Å². The second kappa shape index (κ2) is 12.4. The molecule has 0 fully saturated rings. The van der Waals surface area contributed by atoms with Crippen LogP contribution in [-0.4, -0.2) is 39.2 Å². The van der Waals surface area contributed by atoms with Gasteiger partial charge in [0.25, 0.3) is 11.1 Å². The van der Waals surface area contributed by atoms with E-state index in [1.54, 1.807) is 27.7 Å². The molecule has 252 valence electrons. The van der Waals surface area contributed by atoms with Crippen LogP contribution in [0.4, 0.5) is 26.3 Å². The summed E-state index contributed by atoms with van der Waals surface area (Å²) in [4.78, 5) is 38.2. The first-order valence-electron chi connectivity index (χ1n) is 14.6. The van der Waals surface area contributed by atoms with Crippen LogP contribution < -0.4 is 11.1 Å². The minimum Gasteiger partial charge on any atom is -0.307 e. The Morgan fingerprint density at radius 3 is 1.19 bits per heavy atom. The fourth-order valence-electron chi connectivity index (χ4n) is 5.38. The third-order valence-corrected chi connectivity index (χ3v) is 7.88. The Kier molecular flexibility index (Phi) is 8.79. The number of benzene rings is 2. The van der Waals surface area contributed by atoms with Crippen LogP contribution in [0.2, 0.25) is 0 Å². The number of halogens is 6. The van der Waals surface area contributed by atoms with Crippen LogP contribution in [0.1, 0.15) is 82.6 Å². The van der Waals surface area contributed by atoms with Crippen LogP contribution in [0, 0.1) is 27.7 Å². The van der Waals surface area contributed by atoms with Gasteiger partial charge >= 0.3 is 12.4 Å². The molecule has 0 amide bonds. The normalized spacial score (nSPS) is 13.4. The Morgan fingerprint density at radius 1 is 0.583 bits per heavy atom. The van der Waals surface area contributed by atoms with Gasteiger partial charge in [0, 0.05) is 11.8 Å². The number of nitrogens with zero attached hydrogens (tertiary/aromatic N) is 6. The molecule has 2 atom stereocenters. The summed E-state index contributed by atoms with van der Waals surface area (Å²) in [6.45, 7) is 10.3. The fraction of sp³-hybridized carbons (Fsp3) is 0.312. The molecule has 0 aliphatic carbocycles. The van der Waals surface area contributed by atoms with Crippen molar-refractivity contribution in [3.63, 3.8) is 0 Å². The lowest BCUT2D eigenvalue weighted by Crippen LogP contribution is -2.16. The van der Waals surface area contributed by atoms with E-state index in [2.05, 4.69) is 30.1 Å². The summed E-state index contributed by atoms with van der Waals surface area (Å²) in [5.41, 5.74) is 1.07. The zero-order valence-electron chi connectivity index (χ0n) is 26.5. The summed E-state index contributed by atoms with van der Waals surface area (Å²) >= 11 is 0. The maximum atomic E-state index is 12.7. The maximum absolute atomic E-state index is 12.7. The Bertz CT molecular complexity index is 2070. The third kappa shape index (κ3) is 6.59. The Hall–Kier alpha value is -5.28. The molecule has 0 saturated heterocycles. The molecule has 2 N–H and O–H groups in total. The van der Waals surface area contributed by atoms with E-state index in [1.165, 1.54) is 33.3 Å². The summed E-state index contributed by atoms with van der Waals surface area (Å²) in [6, 6.07) is 9.85. The van der Waals surface area contributed by atoms with Crippen LogP contribution in [0.15, 0.2) is 58.1 Å². The van der Waals surface area contributed by atoms with Crippen molar-refractivity contribution in [2.75, 3.05) is 0 Å². The number of fused-ring (bicyclic) bond motifs is 2. The first kappa shape index (κ1) is 34.1. The molecule has 0 saturated carbocycles. The Labute approximate surface area is 268 Å². The van der Waals surface area contributed by atoms with Crippen LogP contribution in [-0.2, 0) is 12.4 Å². The summed E-state index contributed by atoms with van der Waals surface area (Å²) in [6.07, 6.45) is -8.74. The SMILES string of the molecule is Cc1nn2c([C@@H](C)c3ccc(C(F)(F)F)cc3)nc(C)c2c(=O)[nH]1.Cc1nn2c([C@H](C)c3ccc(C(F)(F)F)cc3)nc(C)c2c(=O)[nH]1. The van der Waals surface area contributed by atoms with Gasteiger partial charge in [-0.2, -0.15) is 36.5 Å². The van der Waals surface area contributed by atoms with E-state index >= 15 is 0 Å². The van der Waals surface area contributed by atoms with Gasteiger partial charge in [-0.25, -0.2) is 19.0 Å². The molecule has 6 aromatic rings. The molecule has 6 rings (SSSR count). The van der Waals surface area contributed by atoms with E-state index < -0.39 is 23.5 Å². The lowest BCUT2D eigenvalue weighted by atomic mass is 9.99. The molecule has 48 heavy (non-hydrogen) atoms. The second-order valence-electron chi connectivity index (χ2n) is 11.4. The average molecular weight is 673 g/mol. The largest absolute Gasteiger partial charge is 0.416 e. The third-order valence-electron chi connectivity index (χ3n) is 7.88. The van der Waals surface area contributed by atoms with Crippen molar-refractivity contribution >= 4 is 11.0 Å². The highest BCUT2D eigenvalue weighted by molar-refractivity contribution is 5.51. The van der Waals surface area contributed by atoms with Crippen LogP contribution >= 0.6 is 0 Å². The smallest absolute Gasteiger partial charge is 0.307 e. The first-order chi connectivity index (χ1) is 22.4. The van der Waals surface area contributed by atoms with E-state index in [1.807, 2.05) is 13.8 Å². The number of aryl methyl sites for hydroxylation is 4. The summed E-state index contributed by atoms with van der Waals surface area (Å²) < 4.78 is 79.0. The Morgan fingerprint density at radius 2 is 0.896 bits per heavy atom. The summed E-state index contributed by atoms with van der Waals surface area (Å²) in [5.74, 6) is 1.26. The molecule has 0 radical (unpaired) electrons. The van der Waals surface area contributed by atoms with Crippen molar-refractivity contribution in [1.29, 1.82) is 0 Å². The minimum absolute atomic E-state index is 0.293. The first-order valence-corrected chi connectivity index (χ1v) is 14.6. The van der Waals surface area contributed by atoms with Gasteiger partial charge in [0.15, 0.2) is 11.0 Å². The van der Waals surface area contributed by atoms with E-state index in [9.17, 15) is 35.9 Å². The number of hydrogen-bond acceptors (Lipinski definition) is 6. The number of H-pyrrole nitrogens is 2. The maximum Gasteiger partial charge on any atom is 0.416 e. The number of aromatic nitrogens is 8. The van der Waals surface area contributed by atoms with E-state index in [-0.39, 0.29) is 23.0 Å². The molecule has 0 aliphatic heterocycles. The lowest BCUT2D eigenvalue weighted by molar-refractivity contribution is -0.138. The van der Waals surface area contributed by atoms with Gasteiger partial charge in [0.05, 0.1) is 22.5 Å². The van der Waals surface area contributed by atoms with Gasteiger partial charge in [0.1, 0.15) is 23.3 Å². The number of nitrogens with one attached hydrogen (secondary N) is 2. The van der Waals surface area contributed by atoms with Gasteiger partial charge < -0.3 is 9.97 Å². The van der Waals surface area contributed by atoms with Crippen LogP contribution in [0.3, 0.4) is 0 Å². The van der Waals surface area contributed by atoms with Gasteiger partial charge in [-0.05, 0) is 63.1 Å². The quantitative estimate of drug-likeness (QED) is 0.209. The zero-order valence-corrected chi connectivity index (χ0v) is 26.5. The summed E-state index contributed by atoms with van der Waals surface area (Å²) in [7, 11) is 0. The highest BCUT2D eigenvalue weighted by Gasteiger charge is 2.31. The monoisotopic (exact) mass is 672 g/mol. The lowest BCUT2D eigenvalue weighted by Gasteiger charge is -2.12. The van der Waals surface area contributed by atoms with Crippen molar-refractivity contribution in [2.24, 2.45) is 0 Å². The molecule has 4 heterocycles. The van der Waals surface area contributed by atoms with Crippen molar-refractivity contribution in [3.8, 4) is 0 Å². The fourth-order valence-corrected chi connectivity index (χ4v) is 5.38. The molecular weight excluding hydrogens is 642 g/mol. The highest BCUT2D eigenvalue weighted by Crippen LogP contribution is 2.33. The van der Waals surface area contributed by atoms with Gasteiger partial charge in [-0.3, -0.25) is 9.59 Å². The Balaban J connectivity index is 0.000000188. The van der Waals surface area contributed by atoms with Crippen molar-refractivity contribution in [1.82, 2.24) is 39.2 Å². The zero-order chi connectivity index (χ0) is 35.3. The van der Waals surface area contributed by atoms with Crippen molar-refractivity contribution in [3.05, 3.63) is 126 Å². The average Bonchev–Trinajstić information content (AvgIpc) is 3.52. The predicted molar refractivity (Wildman–Crippen MR) is 164 cm³/mol. The molecule has 4 aromatic heterocycles. The molecule has 10 nitrogen and oxygen atoms in total. The number of rotatable bonds is 4. The highest BCUT2D eigenvalue weighted by atomic mass is 19.4. The second-order valence-corrected chi connectivity index (χ2v) is 11.4. The molecule has 0 spiro atoms. The molecule has 0 unspecified atom stereocenters. The topological polar surface area (TPSA) is 126 Å². The van der Waals surface area contributed by atoms with Crippen LogP contribution in [0.25, 0.3) is 11.0 Å². The predicted octanol–water partition coefficient (Wildman–Crippen LogP) is 6.41. The number of hydrogen-bond donors (Lipinski definition) is 2. The molecule has 0 bridgehead atoms. The molecule has 0 aliphatic rings. The number of imidazole rings is 2. The van der Waals surface area contributed by atoms with Gasteiger partial charge in [0.2, 0.25) is 0 Å². The van der Waals surface area contributed by atoms with Gasteiger partial charge in [-0.15, -0.1) is 0 Å². The molecule has 2 aromatic carbocycles. The van der Waals surface area contributed by atoms with Gasteiger partial charge in [-0.1, -0.05) is 38.1 Å². The molecule has 16 heteroatoms. The number of aromatic amines is 2. The standard InChI is InChI=1S/2C16H15F3N4O/c2*1-8(11-4-6-12(7-5-11)16(17,18)19)14-20-9(2)13-15(24)21-10(3)22-23(13)14/h2*4-8H,1-3H3,(H,21,22,24)/t2*8-/m10/s1. The minimum atomic E-state index is -4.37.